The van der Waals surface area contributed by atoms with Gasteiger partial charge >= 0.3 is 0 Å². The van der Waals surface area contributed by atoms with Crippen LogP contribution in [0.5, 0.6) is 0 Å². The predicted octanol–water partition coefficient (Wildman–Crippen LogP) is 1.28. The highest BCUT2D eigenvalue weighted by molar-refractivity contribution is 9.09. The van der Waals surface area contributed by atoms with Gasteiger partial charge in [-0.1, -0.05) is 15.9 Å². The van der Waals surface area contributed by atoms with Gasteiger partial charge in [0.1, 0.15) is 5.69 Å². The van der Waals surface area contributed by atoms with Gasteiger partial charge in [0.2, 0.25) is 0 Å². The second kappa shape index (κ2) is 5.14. The van der Waals surface area contributed by atoms with Crippen molar-refractivity contribution < 1.29 is 4.79 Å². The summed E-state index contributed by atoms with van der Waals surface area (Å²) in [6.45, 7) is 0.751. The van der Waals surface area contributed by atoms with Gasteiger partial charge in [-0.3, -0.25) is 9.48 Å². The highest BCUT2D eigenvalue weighted by Gasteiger charge is 2.13. The molecule has 0 radical (unpaired) electrons. The number of carbonyl (C=O) groups is 1. The first-order chi connectivity index (χ1) is 6.65. The van der Waals surface area contributed by atoms with E-state index in [1.54, 1.807) is 35.9 Å². The van der Waals surface area contributed by atoms with Crippen LogP contribution in [0.25, 0.3) is 0 Å². The molecule has 0 saturated carbocycles. The average molecular weight is 260 g/mol. The number of nitrogens with zero attached hydrogens (tertiary/aromatic N) is 3. The van der Waals surface area contributed by atoms with Crippen LogP contribution >= 0.6 is 15.9 Å². The van der Waals surface area contributed by atoms with Crippen molar-refractivity contribution in [3.63, 3.8) is 0 Å². The molecule has 1 heterocycles. The third-order valence-electron chi connectivity index (χ3n) is 1.91. The molecule has 0 aliphatic heterocycles. The zero-order valence-corrected chi connectivity index (χ0v) is 9.99. The lowest BCUT2D eigenvalue weighted by Gasteiger charge is -2.14. The van der Waals surface area contributed by atoms with E-state index in [4.69, 9.17) is 0 Å². The normalized spacial score (nSPS) is 10.2. The molecule has 0 aliphatic carbocycles. The molecule has 1 rings (SSSR count). The van der Waals surface area contributed by atoms with Crippen LogP contribution in [-0.2, 0) is 7.05 Å². The van der Waals surface area contributed by atoms with Crippen molar-refractivity contribution in [1.82, 2.24) is 14.7 Å². The molecular formula is C9H14BrN3O. The molecular weight excluding hydrogens is 246 g/mol. The number of halogens is 1. The fourth-order valence-electron chi connectivity index (χ4n) is 1.12. The number of hydrogen-bond donors (Lipinski definition) is 0. The van der Waals surface area contributed by atoms with Crippen molar-refractivity contribution in [3.8, 4) is 0 Å². The minimum atomic E-state index is -0.0217. The smallest absolute Gasteiger partial charge is 0.274 e. The molecule has 14 heavy (non-hydrogen) atoms. The Hall–Kier alpha value is -0.840. The van der Waals surface area contributed by atoms with E-state index in [2.05, 4.69) is 21.0 Å². The molecule has 1 amide bonds. The van der Waals surface area contributed by atoms with E-state index >= 15 is 0 Å². The Labute approximate surface area is 92.0 Å². The first-order valence-corrected chi connectivity index (χ1v) is 5.58. The fraction of sp³-hybridized carbons (Fsp3) is 0.556. The molecule has 0 bridgehead atoms. The largest absolute Gasteiger partial charge is 0.340 e. The molecule has 0 N–H and O–H groups in total. The minimum Gasteiger partial charge on any atom is -0.340 e. The summed E-state index contributed by atoms with van der Waals surface area (Å²) in [5.41, 5.74) is 0.504. The zero-order chi connectivity index (χ0) is 10.6. The minimum absolute atomic E-state index is 0.0217. The van der Waals surface area contributed by atoms with Crippen LogP contribution in [0.3, 0.4) is 0 Å². The van der Waals surface area contributed by atoms with Crippen molar-refractivity contribution in [2.45, 2.75) is 6.42 Å². The highest BCUT2D eigenvalue weighted by Crippen LogP contribution is 2.01. The van der Waals surface area contributed by atoms with Crippen LogP contribution in [0.4, 0.5) is 0 Å². The Balaban J connectivity index is 2.56. The van der Waals surface area contributed by atoms with Gasteiger partial charge in [0.05, 0.1) is 0 Å². The molecule has 0 aromatic carbocycles. The Morgan fingerprint density at radius 2 is 2.43 bits per heavy atom. The summed E-state index contributed by atoms with van der Waals surface area (Å²) in [6.07, 6.45) is 2.72. The van der Waals surface area contributed by atoms with Gasteiger partial charge < -0.3 is 4.90 Å². The summed E-state index contributed by atoms with van der Waals surface area (Å²) < 4.78 is 1.63. The van der Waals surface area contributed by atoms with Crippen molar-refractivity contribution in [2.75, 3.05) is 18.9 Å². The van der Waals surface area contributed by atoms with E-state index in [-0.39, 0.29) is 5.91 Å². The van der Waals surface area contributed by atoms with Crippen LogP contribution in [0, 0.1) is 0 Å². The van der Waals surface area contributed by atoms with Crippen LogP contribution < -0.4 is 0 Å². The fourth-order valence-corrected chi connectivity index (χ4v) is 1.37. The third kappa shape index (κ3) is 2.83. The number of rotatable bonds is 4. The molecule has 0 saturated heterocycles. The van der Waals surface area contributed by atoms with Gasteiger partial charge in [0.25, 0.3) is 5.91 Å². The summed E-state index contributed by atoms with van der Waals surface area (Å²) in [5.74, 6) is -0.0217. The van der Waals surface area contributed by atoms with Crippen molar-refractivity contribution in [3.05, 3.63) is 18.0 Å². The first kappa shape index (κ1) is 11.2. The van der Waals surface area contributed by atoms with Gasteiger partial charge in [-0.05, 0) is 12.5 Å². The van der Waals surface area contributed by atoms with Crippen molar-refractivity contribution in [2.24, 2.45) is 7.05 Å². The summed E-state index contributed by atoms with van der Waals surface area (Å²) in [5, 5.41) is 4.96. The van der Waals surface area contributed by atoms with Gasteiger partial charge in [-0.15, -0.1) is 0 Å². The topological polar surface area (TPSA) is 38.1 Å². The summed E-state index contributed by atoms with van der Waals surface area (Å²) >= 11 is 3.33. The van der Waals surface area contributed by atoms with E-state index < -0.39 is 0 Å². The molecule has 4 nitrogen and oxygen atoms in total. The lowest BCUT2D eigenvalue weighted by Crippen LogP contribution is -2.28. The maximum Gasteiger partial charge on any atom is 0.274 e. The van der Waals surface area contributed by atoms with E-state index in [1.165, 1.54) is 0 Å². The number of aromatic nitrogens is 2. The molecule has 1 aromatic heterocycles. The van der Waals surface area contributed by atoms with Gasteiger partial charge in [-0.2, -0.15) is 5.10 Å². The van der Waals surface area contributed by atoms with E-state index in [0.717, 1.165) is 18.3 Å². The lowest BCUT2D eigenvalue weighted by molar-refractivity contribution is 0.0789. The molecule has 78 valence electrons. The number of alkyl halides is 1. The number of amides is 1. The number of carbonyl (C=O) groups excluding carboxylic acids is 1. The Morgan fingerprint density at radius 3 is 2.93 bits per heavy atom. The molecule has 0 atom stereocenters. The molecule has 0 aliphatic rings. The second-order valence-electron chi connectivity index (χ2n) is 3.14. The Morgan fingerprint density at radius 1 is 1.71 bits per heavy atom. The molecule has 0 unspecified atom stereocenters. The van der Waals surface area contributed by atoms with Crippen LogP contribution in [0.15, 0.2) is 12.3 Å². The highest BCUT2D eigenvalue weighted by atomic mass is 79.9. The summed E-state index contributed by atoms with van der Waals surface area (Å²) in [7, 11) is 3.59. The number of hydrogen-bond acceptors (Lipinski definition) is 2. The average Bonchev–Trinajstić information content (AvgIpc) is 2.60. The van der Waals surface area contributed by atoms with E-state index in [0.29, 0.717) is 5.69 Å². The Bertz CT molecular complexity index is 311. The summed E-state index contributed by atoms with van der Waals surface area (Å²) in [4.78, 5) is 13.4. The third-order valence-corrected chi connectivity index (χ3v) is 2.47. The Kier molecular flexibility index (Phi) is 4.13. The quantitative estimate of drug-likeness (QED) is 0.765. The van der Waals surface area contributed by atoms with Crippen LogP contribution in [0.2, 0.25) is 0 Å². The SMILES string of the molecule is CN(CCCBr)C(=O)c1ccn(C)n1. The lowest BCUT2D eigenvalue weighted by atomic mass is 10.3. The predicted molar refractivity (Wildman–Crippen MR) is 58.6 cm³/mol. The van der Waals surface area contributed by atoms with Gasteiger partial charge in [0, 0.05) is 32.2 Å². The molecule has 5 heteroatoms. The standard InChI is InChI=1S/C9H14BrN3O/c1-12(6-3-5-10)9(14)8-4-7-13(2)11-8/h4,7H,3,5-6H2,1-2H3. The maximum atomic E-state index is 11.7. The maximum absolute atomic E-state index is 11.7. The molecule has 0 spiro atoms. The zero-order valence-electron chi connectivity index (χ0n) is 8.40. The van der Waals surface area contributed by atoms with E-state index in [9.17, 15) is 4.79 Å². The monoisotopic (exact) mass is 259 g/mol. The van der Waals surface area contributed by atoms with Crippen LogP contribution in [-0.4, -0.2) is 39.5 Å². The van der Waals surface area contributed by atoms with E-state index in [1.807, 2.05) is 0 Å². The van der Waals surface area contributed by atoms with Gasteiger partial charge in [0.15, 0.2) is 0 Å². The van der Waals surface area contributed by atoms with Crippen molar-refractivity contribution >= 4 is 21.8 Å². The second-order valence-corrected chi connectivity index (χ2v) is 3.94. The first-order valence-electron chi connectivity index (χ1n) is 4.46. The summed E-state index contributed by atoms with van der Waals surface area (Å²) in [6, 6.07) is 1.73. The molecule has 1 aromatic rings. The van der Waals surface area contributed by atoms with Crippen LogP contribution in [0.1, 0.15) is 16.9 Å². The van der Waals surface area contributed by atoms with Gasteiger partial charge in [-0.25, -0.2) is 0 Å². The number of aryl methyl sites for hydroxylation is 1. The molecule has 0 fully saturated rings. The van der Waals surface area contributed by atoms with Crippen molar-refractivity contribution in [1.29, 1.82) is 0 Å².